The van der Waals surface area contributed by atoms with Crippen LogP contribution in [-0.4, -0.2) is 30.6 Å². The standard InChI is InChI=1S/C14H23BrClN3/c1-5-14(2,19(3)4)13(18-17)8-10-6-7-11(15)9-12(10)16/h6-7,9,13,18H,5,8,17H2,1-4H3. The van der Waals surface area contributed by atoms with E-state index < -0.39 is 0 Å². The van der Waals surface area contributed by atoms with Crippen molar-refractivity contribution in [3.63, 3.8) is 0 Å². The minimum absolute atomic E-state index is 0.0227. The van der Waals surface area contributed by atoms with Gasteiger partial charge in [-0.05, 0) is 51.6 Å². The van der Waals surface area contributed by atoms with Crippen molar-refractivity contribution in [2.75, 3.05) is 14.1 Å². The summed E-state index contributed by atoms with van der Waals surface area (Å²) >= 11 is 9.71. The van der Waals surface area contributed by atoms with Crippen LogP contribution < -0.4 is 11.3 Å². The van der Waals surface area contributed by atoms with Gasteiger partial charge in [0.2, 0.25) is 0 Å². The molecule has 5 heteroatoms. The van der Waals surface area contributed by atoms with Crippen LogP contribution in [0, 0.1) is 0 Å². The first kappa shape index (κ1) is 16.9. The van der Waals surface area contributed by atoms with E-state index in [1.807, 2.05) is 18.2 Å². The molecule has 1 aromatic carbocycles. The Balaban J connectivity index is 2.99. The highest BCUT2D eigenvalue weighted by Crippen LogP contribution is 2.27. The van der Waals surface area contributed by atoms with Gasteiger partial charge < -0.3 is 4.90 Å². The quantitative estimate of drug-likeness (QED) is 0.613. The minimum atomic E-state index is -0.0227. The number of benzene rings is 1. The molecule has 3 nitrogen and oxygen atoms in total. The van der Waals surface area contributed by atoms with Gasteiger partial charge in [-0.25, -0.2) is 0 Å². The molecule has 0 bridgehead atoms. The molecule has 0 heterocycles. The van der Waals surface area contributed by atoms with Gasteiger partial charge in [-0.15, -0.1) is 0 Å². The molecule has 2 atom stereocenters. The van der Waals surface area contributed by atoms with Crippen molar-refractivity contribution in [1.82, 2.24) is 10.3 Å². The summed E-state index contributed by atoms with van der Waals surface area (Å²) in [6.07, 6.45) is 1.80. The Hall–Kier alpha value is -0.130. The summed E-state index contributed by atoms with van der Waals surface area (Å²) < 4.78 is 0.990. The third-order valence-corrected chi connectivity index (χ3v) is 4.97. The number of nitrogens with one attached hydrogen (secondary N) is 1. The van der Waals surface area contributed by atoms with Gasteiger partial charge in [-0.2, -0.15) is 0 Å². The van der Waals surface area contributed by atoms with Gasteiger partial charge in [-0.3, -0.25) is 11.3 Å². The summed E-state index contributed by atoms with van der Waals surface area (Å²) in [6, 6.07) is 6.10. The molecular formula is C14H23BrClN3. The summed E-state index contributed by atoms with van der Waals surface area (Å²) in [7, 11) is 4.16. The molecule has 0 saturated heterocycles. The number of rotatable bonds is 6. The topological polar surface area (TPSA) is 41.3 Å². The lowest BCUT2D eigenvalue weighted by Gasteiger charge is -2.42. The fraction of sp³-hybridized carbons (Fsp3) is 0.571. The maximum absolute atomic E-state index is 6.29. The van der Waals surface area contributed by atoms with Gasteiger partial charge in [0.15, 0.2) is 0 Å². The summed E-state index contributed by atoms with van der Waals surface area (Å²) in [4.78, 5) is 2.21. The lowest BCUT2D eigenvalue weighted by molar-refractivity contribution is 0.112. The van der Waals surface area contributed by atoms with E-state index in [4.69, 9.17) is 17.4 Å². The number of nitrogens with two attached hydrogens (primary N) is 1. The molecule has 0 aliphatic rings. The maximum atomic E-state index is 6.29. The first-order valence-electron chi connectivity index (χ1n) is 6.42. The Kier molecular flexibility index (Phi) is 6.27. The number of halogens is 2. The molecule has 0 radical (unpaired) electrons. The van der Waals surface area contributed by atoms with E-state index in [9.17, 15) is 0 Å². The average molecular weight is 349 g/mol. The second-order valence-electron chi connectivity index (χ2n) is 5.26. The van der Waals surface area contributed by atoms with Crippen LogP contribution in [0.5, 0.6) is 0 Å². The summed E-state index contributed by atoms with van der Waals surface area (Å²) in [6.45, 7) is 4.39. The van der Waals surface area contributed by atoms with Crippen LogP contribution in [0.1, 0.15) is 25.8 Å². The highest BCUT2D eigenvalue weighted by atomic mass is 79.9. The molecule has 2 unspecified atom stereocenters. The van der Waals surface area contributed by atoms with Gasteiger partial charge in [-0.1, -0.05) is 40.5 Å². The highest BCUT2D eigenvalue weighted by molar-refractivity contribution is 9.10. The third kappa shape index (κ3) is 3.92. The zero-order valence-corrected chi connectivity index (χ0v) is 14.3. The fourth-order valence-corrected chi connectivity index (χ4v) is 2.99. The molecule has 0 saturated carbocycles. The van der Waals surface area contributed by atoms with Crippen LogP contribution in [0.2, 0.25) is 5.02 Å². The Labute approximate surface area is 129 Å². The Morgan fingerprint density at radius 1 is 1.47 bits per heavy atom. The van der Waals surface area contributed by atoms with Crippen molar-refractivity contribution in [2.45, 2.75) is 38.3 Å². The monoisotopic (exact) mass is 347 g/mol. The number of hydrazine groups is 1. The van der Waals surface area contributed by atoms with Crippen molar-refractivity contribution in [2.24, 2.45) is 5.84 Å². The SMILES string of the molecule is CCC(C)(C(Cc1ccc(Br)cc1Cl)NN)N(C)C. The molecular weight excluding hydrogens is 326 g/mol. The van der Waals surface area contributed by atoms with Crippen molar-refractivity contribution < 1.29 is 0 Å². The molecule has 0 spiro atoms. The summed E-state index contributed by atoms with van der Waals surface area (Å²) in [5, 5.41) is 0.770. The maximum Gasteiger partial charge on any atom is 0.0449 e. The van der Waals surface area contributed by atoms with E-state index in [0.717, 1.165) is 27.9 Å². The first-order valence-corrected chi connectivity index (χ1v) is 7.59. The number of likely N-dealkylation sites (N-methyl/N-ethyl adjacent to an activating group) is 1. The van der Waals surface area contributed by atoms with E-state index in [1.165, 1.54) is 0 Å². The van der Waals surface area contributed by atoms with E-state index in [-0.39, 0.29) is 11.6 Å². The summed E-state index contributed by atoms with van der Waals surface area (Å²) in [5.74, 6) is 5.77. The Morgan fingerprint density at radius 2 is 2.11 bits per heavy atom. The van der Waals surface area contributed by atoms with E-state index in [0.29, 0.717) is 0 Å². The van der Waals surface area contributed by atoms with Crippen molar-refractivity contribution in [3.8, 4) is 0 Å². The molecule has 3 N–H and O–H groups in total. The normalized spacial score (nSPS) is 16.4. The zero-order valence-electron chi connectivity index (χ0n) is 12.0. The molecule has 108 valence electrons. The minimum Gasteiger partial charge on any atom is -0.302 e. The van der Waals surface area contributed by atoms with Gasteiger partial charge in [0.25, 0.3) is 0 Å². The summed E-state index contributed by atoms with van der Waals surface area (Å²) in [5.41, 5.74) is 4.04. The van der Waals surface area contributed by atoms with Gasteiger partial charge in [0.1, 0.15) is 0 Å². The molecule has 1 aromatic rings. The third-order valence-electron chi connectivity index (χ3n) is 4.13. The molecule has 0 aliphatic heterocycles. The smallest absolute Gasteiger partial charge is 0.0449 e. The molecule has 0 amide bonds. The lowest BCUT2D eigenvalue weighted by atomic mass is 9.84. The second kappa shape index (κ2) is 7.04. The van der Waals surface area contributed by atoms with Crippen LogP contribution in [0.15, 0.2) is 22.7 Å². The molecule has 0 aliphatic carbocycles. The van der Waals surface area contributed by atoms with Crippen molar-refractivity contribution in [1.29, 1.82) is 0 Å². The Bertz CT molecular complexity index is 425. The molecule has 19 heavy (non-hydrogen) atoms. The highest BCUT2D eigenvalue weighted by Gasteiger charge is 2.34. The van der Waals surface area contributed by atoms with E-state index >= 15 is 0 Å². The van der Waals surface area contributed by atoms with E-state index in [1.54, 1.807) is 0 Å². The van der Waals surface area contributed by atoms with Crippen LogP contribution in [0.4, 0.5) is 0 Å². The van der Waals surface area contributed by atoms with Crippen molar-refractivity contribution >= 4 is 27.5 Å². The van der Waals surface area contributed by atoms with E-state index in [2.05, 4.69) is 54.2 Å². The van der Waals surface area contributed by atoms with Crippen LogP contribution in [-0.2, 0) is 6.42 Å². The van der Waals surface area contributed by atoms with Gasteiger partial charge in [0, 0.05) is 21.1 Å². The van der Waals surface area contributed by atoms with Crippen molar-refractivity contribution in [3.05, 3.63) is 33.3 Å². The van der Waals surface area contributed by atoms with Crippen LogP contribution in [0.25, 0.3) is 0 Å². The molecule has 0 fully saturated rings. The van der Waals surface area contributed by atoms with Gasteiger partial charge in [0.05, 0.1) is 0 Å². The van der Waals surface area contributed by atoms with Crippen LogP contribution in [0.3, 0.4) is 0 Å². The first-order chi connectivity index (χ1) is 8.85. The number of hydrogen-bond donors (Lipinski definition) is 2. The van der Waals surface area contributed by atoms with Crippen LogP contribution >= 0.6 is 27.5 Å². The predicted molar refractivity (Wildman–Crippen MR) is 86.4 cm³/mol. The number of hydrogen-bond acceptors (Lipinski definition) is 3. The number of nitrogens with zero attached hydrogens (tertiary/aromatic N) is 1. The predicted octanol–water partition coefficient (Wildman–Crippen LogP) is 3.21. The van der Waals surface area contributed by atoms with Gasteiger partial charge >= 0.3 is 0 Å². The Morgan fingerprint density at radius 3 is 2.53 bits per heavy atom. The fourth-order valence-electron chi connectivity index (χ4n) is 2.24. The molecule has 0 aromatic heterocycles. The zero-order chi connectivity index (χ0) is 14.6. The second-order valence-corrected chi connectivity index (χ2v) is 6.59. The lowest BCUT2D eigenvalue weighted by Crippen LogP contribution is -2.59. The largest absolute Gasteiger partial charge is 0.302 e. The molecule has 1 rings (SSSR count). The average Bonchev–Trinajstić information content (AvgIpc) is 2.36.